The summed E-state index contributed by atoms with van der Waals surface area (Å²) in [5, 5.41) is 13.7. The first-order valence-electron chi connectivity index (χ1n) is 6.39. The minimum atomic E-state index is -0.651. The van der Waals surface area contributed by atoms with E-state index in [-0.39, 0.29) is 0 Å². The van der Waals surface area contributed by atoms with E-state index in [9.17, 15) is 5.11 Å². The molecule has 1 aromatic heterocycles. The van der Waals surface area contributed by atoms with Gasteiger partial charge in [-0.15, -0.1) is 0 Å². The number of hydrogen-bond donors (Lipinski definition) is 2. The van der Waals surface area contributed by atoms with E-state index >= 15 is 0 Å². The van der Waals surface area contributed by atoms with Crippen molar-refractivity contribution in [1.29, 1.82) is 0 Å². The quantitative estimate of drug-likeness (QED) is 0.857. The smallest absolute Gasteiger partial charge is 0.123 e. The second kappa shape index (κ2) is 5.38. The van der Waals surface area contributed by atoms with Crippen molar-refractivity contribution in [2.45, 2.75) is 12.6 Å². The molecule has 0 aliphatic carbocycles. The lowest BCUT2D eigenvalue weighted by atomic mass is 10.0. The van der Waals surface area contributed by atoms with Gasteiger partial charge in [-0.1, -0.05) is 12.1 Å². The average Bonchev–Trinajstić information content (AvgIpc) is 2.72. The van der Waals surface area contributed by atoms with Crippen LogP contribution in [0.3, 0.4) is 0 Å². The lowest BCUT2D eigenvalue weighted by Gasteiger charge is -2.14. The molecule has 1 atom stereocenters. The summed E-state index contributed by atoms with van der Waals surface area (Å²) in [6, 6.07) is 9.52. The SMILES string of the molecule is OC(c1cccnc1)c1ccc2c(c1)CNCCO2. The Morgan fingerprint density at radius 3 is 3.05 bits per heavy atom. The van der Waals surface area contributed by atoms with Gasteiger partial charge < -0.3 is 15.2 Å². The molecule has 1 aromatic carbocycles. The van der Waals surface area contributed by atoms with Crippen molar-refractivity contribution in [3.63, 3.8) is 0 Å². The van der Waals surface area contributed by atoms with Crippen LogP contribution in [0.25, 0.3) is 0 Å². The summed E-state index contributed by atoms with van der Waals surface area (Å²) in [5.74, 6) is 0.895. The third-order valence-electron chi connectivity index (χ3n) is 3.25. The highest BCUT2D eigenvalue weighted by Gasteiger charge is 2.14. The largest absolute Gasteiger partial charge is 0.492 e. The molecule has 0 saturated heterocycles. The first kappa shape index (κ1) is 12.1. The summed E-state index contributed by atoms with van der Waals surface area (Å²) in [6.45, 7) is 2.29. The fourth-order valence-corrected chi connectivity index (χ4v) is 2.23. The molecule has 3 rings (SSSR count). The van der Waals surface area contributed by atoms with Gasteiger partial charge in [0.1, 0.15) is 18.5 Å². The summed E-state index contributed by atoms with van der Waals surface area (Å²) in [7, 11) is 0. The molecule has 4 heteroatoms. The molecule has 0 fully saturated rings. The standard InChI is InChI=1S/C15H16N2O2/c18-15(12-2-1-5-16-9-12)11-3-4-14-13(8-11)10-17-6-7-19-14/h1-5,8-9,15,17-18H,6-7,10H2. The Bertz CT molecular complexity index is 557. The Morgan fingerprint density at radius 1 is 1.26 bits per heavy atom. The van der Waals surface area contributed by atoms with Crippen LogP contribution in [-0.4, -0.2) is 23.2 Å². The van der Waals surface area contributed by atoms with Crippen molar-refractivity contribution in [2.24, 2.45) is 0 Å². The van der Waals surface area contributed by atoms with Crippen molar-refractivity contribution in [2.75, 3.05) is 13.2 Å². The second-order valence-corrected chi connectivity index (χ2v) is 4.58. The maximum atomic E-state index is 10.4. The van der Waals surface area contributed by atoms with Crippen LogP contribution >= 0.6 is 0 Å². The van der Waals surface area contributed by atoms with Crippen LogP contribution in [0.2, 0.25) is 0 Å². The molecule has 4 nitrogen and oxygen atoms in total. The van der Waals surface area contributed by atoms with Gasteiger partial charge in [-0.3, -0.25) is 4.98 Å². The molecular formula is C15H16N2O2. The van der Waals surface area contributed by atoms with Gasteiger partial charge in [-0.2, -0.15) is 0 Å². The number of rotatable bonds is 2. The molecule has 98 valence electrons. The maximum Gasteiger partial charge on any atom is 0.123 e. The first-order valence-corrected chi connectivity index (χ1v) is 6.39. The monoisotopic (exact) mass is 256 g/mol. The summed E-state index contributed by atoms with van der Waals surface area (Å²) in [6.07, 6.45) is 2.73. The number of benzene rings is 1. The van der Waals surface area contributed by atoms with E-state index in [0.29, 0.717) is 6.61 Å². The molecule has 0 spiro atoms. The van der Waals surface area contributed by atoms with Crippen molar-refractivity contribution >= 4 is 0 Å². The lowest BCUT2D eigenvalue weighted by molar-refractivity contribution is 0.219. The molecule has 2 heterocycles. The zero-order valence-corrected chi connectivity index (χ0v) is 10.5. The van der Waals surface area contributed by atoms with Gasteiger partial charge in [-0.05, 0) is 23.8 Å². The zero-order chi connectivity index (χ0) is 13.1. The van der Waals surface area contributed by atoms with Gasteiger partial charge >= 0.3 is 0 Å². The zero-order valence-electron chi connectivity index (χ0n) is 10.5. The Balaban J connectivity index is 1.91. The highest BCUT2D eigenvalue weighted by atomic mass is 16.5. The molecule has 0 saturated carbocycles. The third kappa shape index (κ3) is 2.59. The highest BCUT2D eigenvalue weighted by Crippen LogP contribution is 2.27. The average molecular weight is 256 g/mol. The lowest BCUT2D eigenvalue weighted by Crippen LogP contribution is -2.16. The number of nitrogens with zero attached hydrogens (tertiary/aromatic N) is 1. The topological polar surface area (TPSA) is 54.4 Å². The van der Waals surface area contributed by atoms with E-state index in [1.807, 2.05) is 30.3 Å². The van der Waals surface area contributed by atoms with Crippen LogP contribution in [-0.2, 0) is 6.54 Å². The molecule has 19 heavy (non-hydrogen) atoms. The van der Waals surface area contributed by atoms with Crippen LogP contribution in [0.1, 0.15) is 22.8 Å². The Morgan fingerprint density at radius 2 is 2.21 bits per heavy atom. The van der Waals surface area contributed by atoms with Crippen LogP contribution in [0, 0.1) is 0 Å². The molecule has 0 radical (unpaired) electrons. The molecule has 1 unspecified atom stereocenters. The summed E-state index contributed by atoms with van der Waals surface area (Å²) in [4.78, 5) is 4.04. The number of aromatic nitrogens is 1. The van der Waals surface area contributed by atoms with Gasteiger partial charge in [-0.25, -0.2) is 0 Å². The van der Waals surface area contributed by atoms with Crippen LogP contribution in [0.5, 0.6) is 5.75 Å². The molecule has 2 aromatic rings. The number of pyridine rings is 1. The Kier molecular flexibility index (Phi) is 3.44. The molecule has 1 aliphatic heterocycles. The number of hydrogen-bond acceptors (Lipinski definition) is 4. The maximum absolute atomic E-state index is 10.4. The molecule has 1 aliphatic rings. The van der Waals surface area contributed by atoms with Gasteiger partial charge in [0.2, 0.25) is 0 Å². The third-order valence-corrected chi connectivity index (χ3v) is 3.25. The summed E-state index contributed by atoms with van der Waals surface area (Å²) >= 11 is 0. The van der Waals surface area contributed by atoms with Crippen LogP contribution < -0.4 is 10.1 Å². The van der Waals surface area contributed by atoms with E-state index in [2.05, 4.69) is 10.3 Å². The van der Waals surface area contributed by atoms with Gasteiger partial charge in [0.25, 0.3) is 0 Å². The van der Waals surface area contributed by atoms with Crippen molar-refractivity contribution in [1.82, 2.24) is 10.3 Å². The fourth-order valence-electron chi connectivity index (χ4n) is 2.23. The Hall–Kier alpha value is -1.91. The normalized spacial score (nSPS) is 16.1. The number of aliphatic hydroxyl groups is 1. The summed E-state index contributed by atoms with van der Waals surface area (Å²) < 4.78 is 5.63. The molecule has 0 bridgehead atoms. The number of nitrogens with one attached hydrogen (secondary N) is 1. The number of ether oxygens (including phenoxy) is 1. The number of aliphatic hydroxyl groups excluding tert-OH is 1. The predicted molar refractivity (Wildman–Crippen MR) is 71.9 cm³/mol. The first-order chi connectivity index (χ1) is 9.34. The summed E-state index contributed by atoms with van der Waals surface area (Å²) in [5.41, 5.74) is 2.74. The van der Waals surface area contributed by atoms with E-state index in [4.69, 9.17) is 4.74 Å². The predicted octanol–water partition coefficient (Wildman–Crippen LogP) is 1.65. The van der Waals surface area contributed by atoms with Gasteiger partial charge in [0.05, 0.1) is 0 Å². The number of fused-ring (bicyclic) bond motifs is 1. The van der Waals surface area contributed by atoms with E-state index in [1.54, 1.807) is 12.4 Å². The molecular weight excluding hydrogens is 240 g/mol. The van der Waals surface area contributed by atoms with Crippen molar-refractivity contribution in [3.05, 3.63) is 59.4 Å². The van der Waals surface area contributed by atoms with Crippen molar-refractivity contribution < 1.29 is 9.84 Å². The molecule has 2 N–H and O–H groups in total. The van der Waals surface area contributed by atoms with E-state index in [0.717, 1.165) is 35.5 Å². The van der Waals surface area contributed by atoms with E-state index < -0.39 is 6.10 Å². The fraction of sp³-hybridized carbons (Fsp3) is 0.267. The van der Waals surface area contributed by atoms with E-state index in [1.165, 1.54) is 0 Å². The Labute approximate surface area is 112 Å². The molecule has 0 amide bonds. The van der Waals surface area contributed by atoms with Gasteiger partial charge in [0.15, 0.2) is 0 Å². The van der Waals surface area contributed by atoms with Crippen LogP contribution in [0.4, 0.5) is 0 Å². The van der Waals surface area contributed by atoms with Crippen LogP contribution in [0.15, 0.2) is 42.7 Å². The second-order valence-electron chi connectivity index (χ2n) is 4.58. The minimum absolute atomic E-state index is 0.651. The minimum Gasteiger partial charge on any atom is -0.492 e. The van der Waals surface area contributed by atoms with Crippen molar-refractivity contribution in [3.8, 4) is 5.75 Å². The van der Waals surface area contributed by atoms with Gasteiger partial charge in [0, 0.05) is 36.6 Å². The highest BCUT2D eigenvalue weighted by molar-refractivity contribution is 5.40.